The first kappa shape index (κ1) is 13.6. The smallest absolute Gasteiger partial charge is 0.399 e. The zero-order valence-corrected chi connectivity index (χ0v) is 9.72. The monoisotopic (exact) mass is 287 g/mol. The minimum Gasteiger partial charge on any atom is -0.399 e. The Morgan fingerprint density at radius 2 is 2.05 bits per heavy atom. The van der Waals surface area contributed by atoms with E-state index in [1.165, 1.54) is 12.1 Å². The Labute approximate surface area is 109 Å². The SMILES string of the molecule is NC(=O)N(c1ccc(N)cc1-c1nn[nH]n1)C(F)(F)F. The molecule has 11 heteroatoms. The molecule has 0 aliphatic rings. The van der Waals surface area contributed by atoms with Gasteiger partial charge in [0.15, 0.2) is 0 Å². The first-order chi connectivity index (χ1) is 9.30. The number of H-pyrrole nitrogens is 1. The maximum Gasteiger partial charge on any atom is 0.493 e. The van der Waals surface area contributed by atoms with Gasteiger partial charge in [-0.1, -0.05) is 0 Å². The molecule has 0 radical (unpaired) electrons. The minimum absolute atomic E-state index is 0.130. The van der Waals surface area contributed by atoms with Gasteiger partial charge >= 0.3 is 12.3 Å². The van der Waals surface area contributed by atoms with E-state index in [0.29, 0.717) is 0 Å². The fraction of sp³-hybridized carbons (Fsp3) is 0.111. The molecule has 20 heavy (non-hydrogen) atoms. The van der Waals surface area contributed by atoms with Crippen molar-refractivity contribution in [3.8, 4) is 11.4 Å². The Morgan fingerprint density at radius 1 is 1.35 bits per heavy atom. The molecule has 2 amide bonds. The van der Waals surface area contributed by atoms with E-state index in [9.17, 15) is 18.0 Å². The van der Waals surface area contributed by atoms with Gasteiger partial charge in [-0.25, -0.2) is 9.69 Å². The molecule has 0 atom stereocenters. The van der Waals surface area contributed by atoms with E-state index in [0.717, 1.165) is 6.07 Å². The summed E-state index contributed by atoms with van der Waals surface area (Å²) in [5.74, 6) is -0.150. The third-order valence-corrected chi connectivity index (χ3v) is 2.32. The van der Waals surface area contributed by atoms with Crippen LogP contribution in [0.15, 0.2) is 18.2 Å². The van der Waals surface area contributed by atoms with Crippen LogP contribution in [0.1, 0.15) is 0 Å². The Bertz CT molecular complexity index is 625. The predicted molar refractivity (Wildman–Crippen MR) is 62.1 cm³/mol. The lowest BCUT2D eigenvalue weighted by Gasteiger charge is -2.24. The number of nitrogens with two attached hydrogens (primary N) is 2. The van der Waals surface area contributed by atoms with Crippen molar-refractivity contribution >= 4 is 17.4 Å². The molecule has 106 valence electrons. The Hall–Kier alpha value is -2.85. The minimum atomic E-state index is -5.00. The number of carbonyl (C=O) groups is 1. The van der Waals surface area contributed by atoms with Gasteiger partial charge in [0.05, 0.1) is 5.69 Å². The molecule has 1 aromatic carbocycles. The highest BCUT2D eigenvalue weighted by Gasteiger charge is 2.42. The van der Waals surface area contributed by atoms with E-state index in [4.69, 9.17) is 11.5 Å². The van der Waals surface area contributed by atoms with Crippen molar-refractivity contribution in [2.45, 2.75) is 6.30 Å². The normalized spacial score (nSPS) is 11.3. The van der Waals surface area contributed by atoms with Crippen molar-refractivity contribution in [2.75, 3.05) is 10.6 Å². The fourth-order valence-electron chi connectivity index (χ4n) is 1.58. The van der Waals surface area contributed by atoms with Crippen LogP contribution >= 0.6 is 0 Å². The second kappa shape index (κ2) is 4.68. The van der Waals surface area contributed by atoms with Gasteiger partial charge in [0.25, 0.3) is 0 Å². The standard InChI is InChI=1S/C9H8F3N7O/c10-9(11,12)19(8(14)20)6-2-1-4(13)3-5(6)7-15-17-18-16-7/h1-3H,13H2,(H2,14,20)(H,15,16,17,18). The zero-order valence-electron chi connectivity index (χ0n) is 9.72. The number of carbonyl (C=O) groups excluding carboxylic acids is 1. The quantitative estimate of drug-likeness (QED) is 0.557. The van der Waals surface area contributed by atoms with Crippen LogP contribution in [-0.2, 0) is 0 Å². The van der Waals surface area contributed by atoms with Gasteiger partial charge in [0.1, 0.15) is 0 Å². The molecule has 2 aromatic rings. The Morgan fingerprint density at radius 3 is 2.55 bits per heavy atom. The maximum atomic E-state index is 12.9. The number of aromatic amines is 1. The van der Waals surface area contributed by atoms with Crippen LogP contribution in [0.25, 0.3) is 11.4 Å². The number of hydrogen-bond acceptors (Lipinski definition) is 5. The largest absolute Gasteiger partial charge is 0.493 e. The van der Waals surface area contributed by atoms with E-state index in [2.05, 4.69) is 20.6 Å². The highest BCUT2D eigenvalue weighted by molar-refractivity contribution is 5.96. The van der Waals surface area contributed by atoms with Gasteiger partial charge in [0.2, 0.25) is 5.82 Å². The Kier molecular flexibility index (Phi) is 3.18. The summed E-state index contributed by atoms with van der Waals surface area (Å²) in [7, 11) is 0. The molecule has 1 heterocycles. The number of halogens is 3. The summed E-state index contributed by atoms with van der Waals surface area (Å²) < 4.78 is 38.7. The predicted octanol–water partition coefficient (Wildman–Crippen LogP) is 0.854. The molecule has 5 N–H and O–H groups in total. The van der Waals surface area contributed by atoms with Crippen molar-refractivity contribution in [3.05, 3.63) is 18.2 Å². The number of alkyl halides is 3. The average molecular weight is 287 g/mol. The van der Waals surface area contributed by atoms with E-state index in [1.54, 1.807) is 0 Å². The summed E-state index contributed by atoms with van der Waals surface area (Å²) in [5.41, 5.74) is 9.80. The molecule has 0 unspecified atom stereocenters. The molecular weight excluding hydrogens is 279 g/mol. The van der Waals surface area contributed by atoms with Crippen molar-refractivity contribution in [2.24, 2.45) is 5.73 Å². The van der Waals surface area contributed by atoms with E-state index >= 15 is 0 Å². The Balaban J connectivity index is 2.64. The molecule has 0 saturated carbocycles. The summed E-state index contributed by atoms with van der Waals surface area (Å²) in [6, 6.07) is 1.69. The number of nitrogens with zero attached hydrogens (tertiary/aromatic N) is 4. The molecule has 0 aliphatic carbocycles. The fourth-order valence-corrected chi connectivity index (χ4v) is 1.58. The van der Waals surface area contributed by atoms with Gasteiger partial charge in [-0.15, -0.1) is 23.4 Å². The third kappa shape index (κ3) is 2.46. The number of amides is 2. The van der Waals surface area contributed by atoms with Gasteiger partial charge < -0.3 is 11.5 Å². The molecular formula is C9H8F3N7O. The first-order valence-electron chi connectivity index (χ1n) is 5.10. The first-order valence-corrected chi connectivity index (χ1v) is 5.10. The maximum absolute atomic E-state index is 12.9. The number of nitrogens with one attached hydrogen (secondary N) is 1. The van der Waals surface area contributed by atoms with E-state index < -0.39 is 22.9 Å². The second-order valence-electron chi connectivity index (χ2n) is 3.65. The molecule has 0 aliphatic heterocycles. The molecule has 2 rings (SSSR count). The molecule has 0 fully saturated rings. The highest BCUT2D eigenvalue weighted by atomic mass is 19.4. The number of primary amides is 1. The van der Waals surface area contributed by atoms with Crippen LogP contribution in [0.4, 0.5) is 29.3 Å². The number of benzene rings is 1. The lowest BCUT2D eigenvalue weighted by atomic mass is 10.1. The van der Waals surface area contributed by atoms with Gasteiger partial charge in [-0.2, -0.15) is 5.21 Å². The third-order valence-electron chi connectivity index (χ3n) is 2.32. The van der Waals surface area contributed by atoms with Gasteiger partial charge in [-0.3, -0.25) is 0 Å². The van der Waals surface area contributed by atoms with Crippen LogP contribution in [0.2, 0.25) is 0 Å². The molecule has 0 saturated heterocycles. The topological polar surface area (TPSA) is 127 Å². The number of aromatic nitrogens is 4. The number of hydrogen-bond donors (Lipinski definition) is 3. The van der Waals surface area contributed by atoms with Crippen LogP contribution in [0.3, 0.4) is 0 Å². The number of urea groups is 1. The number of anilines is 2. The van der Waals surface area contributed by atoms with Crippen molar-refractivity contribution in [3.63, 3.8) is 0 Å². The van der Waals surface area contributed by atoms with Gasteiger partial charge in [-0.05, 0) is 23.4 Å². The summed E-state index contributed by atoms with van der Waals surface area (Å²) in [5, 5.41) is 12.5. The summed E-state index contributed by atoms with van der Waals surface area (Å²) >= 11 is 0. The molecule has 1 aromatic heterocycles. The van der Waals surface area contributed by atoms with E-state index in [1.807, 2.05) is 0 Å². The molecule has 0 bridgehead atoms. The van der Waals surface area contributed by atoms with Crippen molar-refractivity contribution in [1.82, 2.24) is 20.6 Å². The highest BCUT2D eigenvalue weighted by Crippen LogP contribution is 2.36. The zero-order chi connectivity index (χ0) is 14.9. The lowest BCUT2D eigenvalue weighted by molar-refractivity contribution is -0.120. The van der Waals surface area contributed by atoms with Crippen LogP contribution in [-0.4, -0.2) is 33.0 Å². The number of rotatable bonds is 2. The lowest BCUT2D eigenvalue weighted by Crippen LogP contribution is -2.46. The van der Waals surface area contributed by atoms with Crippen LogP contribution in [0, 0.1) is 0 Å². The van der Waals surface area contributed by atoms with E-state index in [-0.39, 0.29) is 17.1 Å². The van der Waals surface area contributed by atoms with Crippen LogP contribution in [0.5, 0.6) is 0 Å². The van der Waals surface area contributed by atoms with Crippen molar-refractivity contribution in [1.29, 1.82) is 0 Å². The second-order valence-corrected chi connectivity index (χ2v) is 3.65. The summed E-state index contributed by atoms with van der Waals surface area (Å²) in [6.45, 7) is 0. The molecule has 8 nitrogen and oxygen atoms in total. The average Bonchev–Trinajstić information content (AvgIpc) is 2.82. The van der Waals surface area contributed by atoms with Crippen LogP contribution < -0.4 is 16.4 Å². The van der Waals surface area contributed by atoms with Crippen molar-refractivity contribution < 1.29 is 18.0 Å². The summed E-state index contributed by atoms with van der Waals surface area (Å²) in [6.07, 6.45) is -5.00. The number of nitrogen functional groups attached to an aromatic ring is 1. The summed E-state index contributed by atoms with van der Waals surface area (Å²) in [4.78, 5) is 10.6. The molecule has 0 spiro atoms. The number of tetrazole rings is 1. The van der Waals surface area contributed by atoms with Gasteiger partial charge in [0, 0.05) is 11.3 Å².